The van der Waals surface area contributed by atoms with Gasteiger partial charge in [-0.05, 0) is 30.0 Å². The van der Waals surface area contributed by atoms with Crippen LogP contribution in [0.3, 0.4) is 0 Å². The van der Waals surface area contributed by atoms with E-state index in [2.05, 4.69) is 13.8 Å². The van der Waals surface area contributed by atoms with Gasteiger partial charge in [-0.25, -0.2) is 0 Å². The molecule has 0 aromatic heterocycles. The maximum absolute atomic E-state index is 10.1. The van der Waals surface area contributed by atoms with E-state index in [1.807, 2.05) is 6.07 Å². The standard InChI is InChI=1S/C15H23ClO2/c1-4-11(2)6-5-7-14(17)12-8-9-15(18-3)13(16)10-12/h8-11,14,17H,4-7H2,1-3H3. The van der Waals surface area contributed by atoms with Crippen LogP contribution in [0.4, 0.5) is 0 Å². The maximum atomic E-state index is 10.1. The molecule has 0 saturated heterocycles. The van der Waals surface area contributed by atoms with Gasteiger partial charge in [0.2, 0.25) is 0 Å². The van der Waals surface area contributed by atoms with Crippen molar-refractivity contribution in [2.24, 2.45) is 5.92 Å². The highest BCUT2D eigenvalue weighted by atomic mass is 35.5. The lowest BCUT2D eigenvalue weighted by molar-refractivity contribution is 0.161. The number of aliphatic hydroxyl groups is 1. The van der Waals surface area contributed by atoms with Crippen molar-refractivity contribution in [1.82, 2.24) is 0 Å². The van der Waals surface area contributed by atoms with Gasteiger partial charge in [0.1, 0.15) is 5.75 Å². The zero-order valence-electron chi connectivity index (χ0n) is 11.4. The van der Waals surface area contributed by atoms with Gasteiger partial charge in [-0.15, -0.1) is 0 Å². The Morgan fingerprint density at radius 1 is 1.33 bits per heavy atom. The minimum Gasteiger partial charge on any atom is -0.495 e. The molecule has 0 radical (unpaired) electrons. The van der Waals surface area contributed by atoms with Crippen LogP contribution in [-0.2, 0) is 0 Å². The second-order valence-corrected chi connectivity index (χ2v) is 5.26. The number of hydrogen-bond acceptors (Lipinski definition) is 2. The zero-order chi connectivity index (χ0) is 13.5. The molecule has 1 aromatic carbocycles. The van der Waals surface area contributed by atoms with Crippen LogP contribution in [0, 0.1) is 5.92 Å². The quantitative estimate of drug-likeness (QED) is 0.785. The summed E-state index contributed by atoms with van der Waals surface area (Å²) < 4.78 is 5.09. The minimum atomic E-state index is -0.433. The highest BCUT2D eigenvalue weighted by molar-refractivity contribution is 6.32. The summed E-state index contributed by atoms with van der Waals surface area (Å²) in [6, 6.07) is 5.46. The number of aliphatic hydroxyl groups excluding tert-OH is 1. The topological polar surface area (TPSA) is 29.5 Å². The van der Waals surface area contributed by atoms with Crippen molar-refractivity contribution in [3.05, 3.63) is 28.8 Å². The lowest BCUT2D eigenvalue weighted by Crippen LogP contribution is -2.00. The van der Waals surface area contributed by atoms with E-state index in [-0.39, 0.29) is 0 Å². The minimum absolute atomic E-state index is 0.433. The molecule has 1 aromatic rings. The molecule has 0 aliphatic carbocycles. The van der Waals surface area contributed by atoms with Gasteiger partial charge in [0, 0.05) is 0 Å². The fraction of sp³-hybridized carbons (Fsp3) is 0.600. The molecule has 0 aliphatic rings. The van der Waals surface area contributed by atoms with Crippen LogP contribution in [0.5, 0.6) is 5.75 Å². The van der Waals surface area contributed by atoms with Crippen LogP contribution in [-0.4, -0.2) is 12.2 Å². The van der Waals surface area contributed by atoms with Crippen molar-refractivity contribution in [3.8, 4) is 5.75 Å². The van der Waals surface area contributed by atoms with Gasteiger partial charge in [-0.2, -0.15) is 0 Å². The van der Waals surface area contributed by atoms with Crippen LogP contribution in [0.25, 0.3) is 0 Å². The third kappa shape index (κ3) is 4.51. The second kappa shape index (κ2) is 7.65. The molecular weight excluding hydrogens is 248 g/mol. The first-order chi connectivity index (χ1) is 8.58. The smallest absolute Gasteiger partial charge is 0.137 e. The summed E-state index contributed by atoms with van der Waals surface area (Å²) in [6.07, 6.45) is 3.76. The lowest BCUT2D eigenvalue weighted by Gasteiger charge is -2.14. The summed E-state index contributed by atoms with van der Waals surface area (Å²) >= 11 is 6.04. The molecule has 2 unspecified atom stereocenters. The highest BCUT2D eigenvalue weighted by Gasteiger charge is 2.10. The van der Waals surface area contributed by atoms with Crippen molar-refractivity contribution in [3.63, 3.8) is 0 Å². The fourth-order valence-corrected chi connectivity index (χ4v) is 2.19. The van der Waals surface area contributed by atoms with E-state index in [1.54, 1.807) is 19.2 Å². The van der Waals surface area contributed by atoms with Gasteiger partial charge in [0.25, 0.3) is 0 Å². The third-order valence-corrected chi connectivity index (χ3v) is 3.73. The largest absolute Gasteiger partial charge is 0.495 e. The molecule has 102 valence electrons. The first-order valence-corrected chi connectivity index (χ1v) is 6.97. The predicted molar refractivity (Wildman–Crippen MR) is 76.3 cm³/mol. The van der Waals surface area contributed by atoms with Crippen molar-refractivity contribution in [2.45, 2.75) is 45.6 Å². The van der Waals surface area contributed by atoms with Crippen molar-refractivity contribution in [1.29, 1.82) is 0 Å². The normalized spacial score (nSPS) is 14.3. The van der Waals surface area contributed by atoms with Crippen LogP contribution < -0.4 is 4.74 Å². The Morgan fingerprint density at radius 3 is 2.61 bits per heavy atom. The molecule has 0 amide bonds. The number of rotatable bonds is 7. The lowest BCUT2D eigenvalue weighted by atomic mass is 9.98. The molecule has 0 bridgehead atoms. The van der Waals surface area contributed by atoms with Crippen LogP contribution in [0.1, 0.15) is 51.2 Å². The Labute approximate surface area is 115 Å². The summed E-state index contributed by atoms with van der Waals surface area (Å²) in [6.45, 7) is 4.45. The summed E-state index contributed by atoms with van der Waals surface area (Å²) in [5.41, 5.74) is 0.866. The maximum Gasteiger partial charge on any atom is 0.137 e. The van der Waals surface area contributed by atoms with Gasteiger partial charge in [0.05, 0.1) is 18.2 Å². The number of halogens is 1. The van der Waals surface area contributed by atoms with E-state index in [4.69, 9.17) is 16.3 Å². The van der Waals surface area contributed by atoms with E-state index < -0.39 is 6.10 Å². The zero-order valence-corrected chi connectivity index (χ0v) is 12.2. The van der Waals surface area contributed by atoms with Crippen molar-refractivity contribution in [2.75, 3.05) is 7.11 Å². The average Bonchev–Trinajstić information content (AvgIpc) is 2.38. The van der Waals surface area contributed by atoms with Crippen LogP contribution in [0.2, 0.25) is 5.02 Å². The van der Waals surface area contributed by atoms with E-state index >= 15 is 0 Å². The number of methoxy groups -OCH3 is 1. The van der Waals surface area contributed by atoms with E-state index in [1.165, 1.54) is 6.42 Å². The van der Waals surface area contributed by atoms with Gasteiger partial charge in [-0.1, -0.05) is 50.8 Å². The number of ether oxygens (including phenoxy) is 1. The Hall–Kier alpha value is -0.730. The first kappa shape index (κ1) is 15.3. The molecule has 0 aliphatic heterocycles. The van der Waals surface area contributed by atoms with E-state index in [0.717, 1.165) is 30.7 Å². The molecular formula is C15H23ClO2. The summed E-state index contributed by atoms with van der Waals surface area (Å²) in [5.74, 6) is 1.38. The van der Waals surface area contributed by atoms with Crippen LogP contribution in [0.15, 0.2) is 18.2 Å². The molecule has 2 atom stereocenters. The second-order valence-electron chi connectivity index (χ2n) is 4.85. The monoisotopic (exact) mass is 270 g/mol. The van der Waals surface area contributed by atoms with Gasteiger partial charge in [0.15, 0.2) is 0 Å². The Morgan fingerprint density at radius 2 is 2.06 bits per heavy atom. The molecule has 18 heavy (non-hydrogen) atoms. The molecule has 0 saturated carbocycles. The molecule has 0 spiro atoms. The van der Waals surface area contributed by atoms with E-state index in [9.17, 15) is 5.11 Å². The molecule has 1 rings (SSSR count). The number of hydrogen-bond donors (Lipinski definition) is 1. The summed E-state index contributed by atoms with van der Waals surface area (Å²) in [4.78, 5) is 0. The van der Waals surface area contributed by atoms with Crippen molar-refractivity contribution < 1.29 is 9.84 Å². The summed E-state index contributed by atoms with van der Waals surface area (Å²) in [7, 11) is 1.59. The highest BCUT2D eigenvalue weighted by Crippen LogP contribution is 2.29. The van der Waals surface area contributed by atoms with Gasteiger partial charge < -0.3 is 9.84 Å². The first-order valence-electron chi connectivity index (χ1n) is 6.60. The third-order valence-electron chi connectivity index (χ3n) is 3.43. The van der Waals surface area contributed by atoms with Gasteiger partial charge in [-0.3, -0.25) is 0 Å². The number of benzene rings is 1. The van der Waals surface area contributed by atoms with Crippen LogP contribution >= 0.6 is 11.6 Å². The molecule has 3 heteroatoms. The predicted octanol–water partition coefficient (Wildman–Crippen LogP) is 4.60. The Balaban J connectivity index is 2.51. The Bertz CT molecular complexity index is 366. The molecule has 0 fully saturated rings. The van der Waals surface area contributed by atoms with E-state index in [0.29, 0.717) is 10.8 Å². The Kier molecular flexibility index (Phi) is 6.51. The molecule has 1 N–H and O–H groups in total. The molecule has 0 heterocycles. The van der Waals surface area contributed by atoms with Crippen molar-refractivity contribution >= 4 is 11.6 Å². The van der Waals surface area contributed by atoms with Gasteiger partial charge >= 0.3 is 0 Å². The SMILES string of the molecule is CCC(C)CCCC(O)c1ccc(OC)c(Cl)c1. The summed E-state index contributed by atoms with van der Waals surface area (Å²) in [5, 5.41) is 10.6. The fourth-order valence-electron chi connectivity index (χ4n) is 1.92. The average molecular weight is 271 g/mol. The molecule has 2 nitrogen and oxygen atoms in total.